The van der Waals surface area contributed by atoms with E-state index in [1.54, 1.807) is 11.3 Å². The molecule has 0 aliphatic heterocycles. The molecular formula is C13H22N2OS. The maximum Gasteiger partial charge on any atom is 0.222 e. The molecule has 0 fully saturated rings. The van der Waals surface area contributed by atoms with Gasteiger partial charge in [0.15, 0.2) is 0 Å². The molecule has 0 bridgehead atoms. The molecule has 4 heteroatoms. The maximum atomic E-state index is 11.8. The predicted molar refractivity (Wildman–Crippen MR) is 72.9 cm³/mol. The number of carbonyl (C=O) groups excluding carboxylic acids is 1. The van der Waals surface area contributed by atoms with Crippen molar-refractivity contribution in [3.8, 4) is 0 Å². The SMILES string of the molecule is CCC(N)CC(=O)NC(c1cccs1)C(C)C. The molecule has 0 aliphatic carbocycles. The van der Waals surface area contributed by atoms with Gasteiger partial charge in [0.1, 0.15) is 0 Å². The highest BCUT2D eigenvalue weighted by Gasteiger charge is 2.19. The average molecular weight is 254 g/mol. The van der Waals surface area contributed by atoms with Crippen molar-refractivity contribution in [2.75, 3.05) is 0 Å². The van der Waals surface area contributed by atoms with E-state index in [4.69, 9.17) is 5.73 Å². The van der Waals surface area contributed by atoms with Gasteiger partial charge in [0, 0.05) is 17.3 Å². The first-order valence-electron chi connectivity index (χ1n) is 6.13. The van der Waals surface area contributed by atoms with Crippen LogP contribution in [0.2, 0.25) is 0 Å². The van der Waals surface area contributed by atoms with Crippen LogP contribution in [-0.2, 0) is 4.79 Å². The smallest absolute Gasteiger partial charge is 0.222 e. The highest BCUT2D eigenvalue weighted by Crippen LogP contribution is 2.25. The molecule has 3 nitrogen and oxygen atoms in total. The summed E-state index contributed by atoms with van der Waals surface area (Å²) in [5.74, 6) is 0.432. The van der Waals surface area contributed by atoms with Crippen LogP contribution in [0, 0.1) is 5.92 Å². The minimum atomic E-state index is -0.0360. The second-order valence-electron chi connectivity index (χ2n) is 4.68. The summed E-state index contributed by atoms with van der Waals surface area (Å²) in [5.41, 5.74) is 5.79. The third-order valence-electron chi connectivity index (χ3n) is 2.80. The van der Waals surface area contributed by atoms with E-state index < -0.39 is 0 Å². The van der Waals surface area contributed by atoms with Gasteiger partial charge in [-0.2, -0.15) is 0 Å². The number of thiophene rings is 1. The van der Waals surface area contributed by atoms with Crippen molar-refractivity contribution in [3.05, 3.63) is 22.4 Å². The molecule has 17 heavy (non-hydrogen) atoms. The van der Waals surface area contributed by atoms with Crippen molar-refractivity contribution in [1.29, 1.82) is 0 Å². The first-order valence-corrected chi connectivity index (χ1v) is 7.00. The molecule has 2 atom stereocenters. The molecule has 1 amide bonds. The van der Waals surface area contributed by atoms with Gasteiger partial charge >= 0.3 is 0 Å². The van der Waals surface area contributed by atoms with E-state index in [0.717, 1.165) is 6.42 Å². The van der Waals surface area contributed by atoms with Gasteiger partial charge < -0.3 is 11.1 Å². The average Bonchev–Trinajstić information content (AvgIpc) is 2.78. The van der Waals surface area contributed by atoms with Crippen molar-refractivity contribution in [3.63, 3.8) is 0 Å². The third-order valence-corrected chi connectivity index (χ3v) is 3.76. The summed E-state index contributed by atoms with van der Waals surface area (Å²) >= 11 is 1.68. The topological polar surface area (TPSA) is 55.1 Å². The van der Waals surface area contributed by atoms with Crippen LogP contribution in [0.5, 0.6) is 0 Å². The van der Waals surface area contributed by atoms with Crippen LogP contribution in [0.4, 0.5) is 0 Å². The zero-order chi connectivity index (χ0) is 12.8. The van der Waals surface area contributed by atoms with Crippen molar-refractivity contribution >= 4 is 17.2 Å². The van der Waals surface area contributed by atoms with Crippen LogP contribution in [0.1, 0.15) is 44.5 Å². The number of carbonyl (C=O) groups is 1. The van der Waals surface area contributed by atoms with E-state index in [0.29, 0.717) is 12.3 Å². The lowest BCUT2D eigenvalue weighted by Gasteiger charge is -2.22. The van der Waals surface area contributed by atoms with Gasteiger partial charge in [-0.05, 0) is 23.8 Å². The van der Waals surface area contributed by atoms with Crippen molar-refractivity contribution in [2.45, 2.75) is 45.7 Å². The van der Waals surface area contributed by atoms with E-state index in [-0.39, 0.29) is 18.0 Å². The Morgan fingerprint density at radius 2 is 2.24 bits per heavy atom. The van der Waals surface area contributed by atoms with Crippen molar-refractivity contribution < 1.29 is 4.79 Å². The molecule has 0 radical (unpaired) electrons. The second kappa shape index (κ2) is 6.77. The minimum Gasteiger partial charge on any atom is -0.348 e. The minimum absolute atomic E-state index is 0.0360. The van der Waals surface area contributed by atoms with Gasteiger partial charge in [0.2, 0.25) is 5.91 Å². The molecule has 0 aliphatic rings. The lowest BCUT2D eigenvalue weighted by atomic mass is 10.0. The molecule has 1 rings (SSSR count). The van der Waals surface area contributed by atoms with E-state index >= 15 is 0 Å². The molecule has 1 heterocycles. The normalized spacial score (nSPS) is 14.6. The summed E-state index contributed by atoms with van der Waals surface area (Å²) in [5, 5.41) is 5.11. The Hall–Kier alpha value is -0.870. The molecule has 2 unspecified atom stereocenters. The zero-order valence-electron chi connectivity index (χ0n) is 10.8. The summed E-state index contributed by atoms with van der Waals surface area (Å²) in [7, 11) is 0. The summed E-state index contributed by atoms with van der Waals surface area (Å²) < 4.78 is 0. The van der Waals surface area contributed by atoms with E-state index in [9.17, 15) is 4.79 Å². The van der Waals surface area contributed by atoms with Crippen LogP contribution in [-0.4, -0.2) is 11.9 Å². The number of amides is 1. The van der Waals surface area contributed by atoms with Crippen LogP contribution >= 0.6 is 11.3 Å². The summed E-state index contributed by atoms with van der Waals surface area (Å²) in [6.07, 6.45) is 1.24. The molecule has 1 aromatic heterocycles. The van der Waals surface area contributed by atoms with Crippen LogP contribution in [0.3, 0.4) is 0 Å². The van der Waals surface area contributed by atoms with Gasteiger partial charge in [-0.3, -0.25) is 4.79 Å². The lowest BCUT2D eigenvalue weighted by Crippen LogP contribution is -2.35. The highest BCUT2D eigenvalue weighted by atomic mass is 32.1. The summed E-state index contributed by atoms with van der Waals surface area (Å²) in [6, 6.07) is 4.15. The van der Waals surface area contributed by atoms with Gasteiger partial charge in [-0.15, -0.1) is 11.3 Å². The fourth-order valence-electron chi connectivity index (χ4n) is 1.65. The number of hydrogen-bond donors (Lipinski definition) is 2. The summed E-state index contributed by atoms with van der Waals surface area (Å²) in [4.78, 5) is 13.0. The number of hydrogen-bond acceptors (Lipinski definition) is 3. The lowest BCUT2D eigenvalue weighted by molar-refractivity contribution is -0.122. The standard InChI is InChI=1S/C13H22N2OS/c1-4-10(14)8-12(16)15-13(9(2)3)11-6-5-7-17-11/h5-7,9-10,13H,4,8,14H2,1-3H3,(H,15,16). The quantitative estimate of drug-likeness (QED) is 0.820. The Labute approximate surface area is 107 Å². The van der Waals surface area contributed by atoms with Gasteiger partial charge in [0.25, 0.3) is 0 Å². The van der Waals surface area contributed by atoms with Gasteiger partial charge in [0.05, 0.1) is 6.04 Å². The molecule has 0 saturated carbocycles. The van der Waals surface area contributed by atoms with Gasteiger partial charge in [-0.25, -0.2) is 0 Å². The first-order chi connectivity index (χ1) is 8.04. The largest absolute Gasteiger partial charge is 0.348 e. The predicted octanol–water partition coefficient (Wildman–Crippen LogP) is 2.69. The Morgan fingerprint density at radius 3 is 2.71 bits per heavy atom. The van der Waals surface area contributed by atoms with E-state index in [2.05, 4.69) is 25.2 Å². The molecule has 1 aromatic rings. The fourth-order valence-corrected chi connectivity index (χ4v) is 2.60. The molecule has 0 saturated heterocycles. The summed E-state index contributed by atoms with van der Waals surface area (Å²) in [6.45, 7) is 6.23. The maximum absolute atomic E-state index is 11.8. The number of nitrogens with two attached hydrogens (primary N) is 1. The fraction of sp³-hybridized carbons (Fsp3) is 0.615. The van der Waals surface area contributed by atoms with Crippen LogP contribution in [0.15, 0.2) is 17.5 Å². The number of nitrogens with one attached hydrogen (secondary N) is 1. The molecule has 96 valence electrons. The third kappa shape index (κ3) is 4.48. The Kier molecular flexibility index (Phi) is 5.65. The molecular weight excluding hydrogens is 232 g/mol. The van der Waals surface area contributed by atoms with Crippen molar-refractivity contribution in [1.82, 2.24) is 5.32 Å². The first kappa shape index (κ1) is 14.2. The van der Waals surface area contributed by atoms with Crippen LogP contribution < -0.4 is 11.1 Å². The molecule has 0 aromatic carbocycles. The Balaban J connectivity index is 2.59. The Morgan fingerprint density at radius 1 is 1.53 bits per heavy atom. The van der Waals surface area contributed by atoms with E-state index in [1.807, 2.05) is 18.4 Å². The van der Waals surface area contributed by atoms with Crippen LogP contribution in [0.25, 0.3) is 0 Å². The molecule has 3 N–H and O–H groups in total. The second-order valence-corrected chi connectivity index (χ2v) is 5.66. The van der Waals surface area contributed by atoms with Crippen molar-refractivity contribution in [2.24, 2.45) is 11.7 Å². The zero-order valence-corrected chi connectivity index (χ0v) is 11.6. The Bertz CT molecular complexity index is 335. The monoisotopic (exact) mass is 254 g/mol. The highest BCUT2D eigenvalue weighted by molar-refractivity contribution is 7.10. The van der Waals surface area contributed by atoms with Gasteiger partial charge in [-0.1, -0.05) is 26.8 Å². The van der Waals surface area contributed by atoms with E-state index in [1.165, 1.54) is 4.88 Å². The number of rotatable bonds is 6. The molecule has 0 spiro atoms.